The maximum atomic E-state index is 13.0. The van der Waals surface area contributed by atoms with E-state index in [2.05, 4.69) is 20.8 Å². The maximum Gasteiger partial charge on any atom is 0.174 e. The standard InChI is InChI=1S/C17H22O2S2/c1-17(2,3)13(14(18)12-8-6-5-7-9-12)15(19-4)16-20-10-11-21-16/h5-9,13H,10-11H2,1-4H3. The molecule has 0 aromatic heterocycles. The first-order valence-electron chi connectivity index (χ1n) is 7.08. The van der Waals surface area contributed by atoms with Gasteiger partial charge in [-0.25, -0.2) is 0 Å². The largest absolute Gasteiger partial charge is 0.499 e. The average molecular weight is 322 g/mol. The molecule has 4 heteroatoms. The van der Waals surface area contributed by atoms with E-state index >= 15 is 0 Å². The predicted molar refractivity (Wildman–Crippen MR) is 92.7 cm³/mol. The predicted octanol–water partition coefficient (Wildman–Crippen LogP) is 4.83. The van der Waals surface area contributed by atoms with E-state index in [1.165, 1.54) is 4.24 Å². The summed E-state index contributed by atoms with van der Waals surface area (Å²) in [6.45, 7) is 6.30. The highest BCUT2D eigenvalue weighted by atomic mass is 32.2. The lowest BCUT2D eigenvalue weighted by Gasteiger charge is -2.31. The second kappa shape index (κ2) is 6.93. The molecule has 1 fully saturated rings. The van der Waals surface area contributed by atoms with Gasteiger partial charge in [0.05, 0.1) is 17.3 Å². The first kappa shape index (κ1) is 16.5. The van der Waals surface area contributed by atoms with Crippen molar-refractivity contribution in [3.8, 4) is 0 Å². The van der Waals surface area contributed by atoms with Crippen LogP contribution in [0, 0.1) is 11.3 Å². The summed E-state index contributed by atoms with van der Waals surface area (Å²) in [5, 5.41) is 0. The number of hydrogen-bond acceptors (Lipinski definition) is 4. The van der Waals surface area contributed by atoms with Crippen molar-refractivity contribution < 1.29 is 9.53 Å². The highest BCUT2D eigenvalue weighted by Gasteiger charge is 2.38. The molecular formula is C17H22O2S2. The number of Topliss-reactive ketones (excluding diaryl/α,β-unsaturated/α-hetero) is 1. The van der Waals surface area contributed by atoms with Gasteiger partial charge < -0.3 is 4.74 Å². The number of ether oxygens (including phenoxy) is 1. The number of methoxy groups -OCH3 is 1. The third-order valence-electron chi connectivity index (χ3n) is 3.42. The van der Waals surface area contributed by atoms with Gasteiger partial charge in [0.2, 0.25) is 0 Å². The Bertz CT molecular complexity index is 521. The Morgan fingerprint density at radius 2 is 1.71 bits per heavy atom. The molecule has 1 heterocycles. The van der Waals surface area contributed by atoms with Crippen LogP contribution in [-0.2, 0) is 4.74 Å². The van der Waals surface area contributed by atoms with Crippen LogP contribution in [-0.4, -0.2) is 24.4 Å². The molecule has 0 bridgehead atoms. The van der Waals surface area contributed by atoms with Crippen molar-refractivity contribution in [2.24, 2.45) is 11.3 Å². The fourth-order valence-corrected chi connectivity index (χ4v) is 5.00. The summed E-state index contributed by atoms with van der Waals surface area (Å²) in [7, 11) is 1.68. The second-order valence-electron chi connectivity index (χ2n) is 6.08. The van der Waals surface area contributed by atoms with Crippen molar-refractivity contribution in [1.29, 1.82) is 0 Å². The summed E-state index contributed by atoms with van der Waals surface area (Å²) in [5.74, 6) is 2.90. The van der Waals surface area contributed by atoms with Gasteiger partial charge in [0.25, 0.3) is 0 Å². The molecule has 114 valence electrons. The molecule has 0 radical (unpaired) electrons. The van der Waals surface area contributed by atoms with Crippen molar-refractivity contribution in [2.45, 2.75) is 20.8 Å². The van der Waals surface area contributed by atoms with E-state index in [1.54, 1.807) is 30.6 Å². The number of allylic oxidation sites excluding steroid dienone is 1. The van der Waals surface area contributed by atoms with Crippen LogP contribution >= 0.6 is 23.5 Å². The molecule has 0 aliphatic carbocycles. The summed E-state index contributed by atoms with van der Waals surface area (Å²) in [4.78, 5) is 13.0. The summed E-state index contributed by atoms with van der Waals surface area (Å²) in [5.41, 5.74) is 0.565. The second-order valence-corrected chi connectivity index (χ2v) is 8.55. The zero-order valence-corrected chi connectivity index (χ0v) is 14.6. The molecule has 1 atom stereocenters. The number of hydrogen-bond donors (Lipinski definition) is 0. The van der Waals surface area contributed by atoms with Crippen LogP contribution in [0.5, 0.6) is 0 Å². The Hall–Kier alpha value is -0.870. The first-order chi connectivity index (χ1) is 9.95. The summed E-state index contributed by atoms with van der Waals surface area (Å²) >= 11 is 3.59. The van der Waals surface area contributed by atoms with Crippen LogP contribution in [0.4, 0.5) is 0 Å². The van der Waals surface area contributed by atoms with Crippen LogP contribution in [0.2, 0.25) is 0 Å². The van der Waals surface area contributed by atoms with Gasteiger partial charge >= 0.3 is 0 Å². The van der Waals surface area contributed by atoms with Gasteiger partial charge in [-0.05, 0) is 5.41 Å². The van der Waals surface area contributed by atoms with Gasteiger partial charge in [-0.2, -0.15) is 0 Å². The summed E-state index contributed by atoms with van der Waals surface area (Å²) in [6.07, 6.45) is 0. The molecule has 1 unspecified atom stereocenters. The zero-order valence-electron chi connectivity index (χ0n) is 13.0. The fraction of sp³-hybridized carbons (Fsp3) is 0.471. The van der Waals surface area contributed by atoms with E-state index in [1.807, 2.05) is 30.3 Å². The molecule has 1 saturated heterocycles. The Morgan fingerprint density at radius 1 is 1.14 bits per heavy atom. The average Bonchev–Trinajstić information content (AvgIpc) is 2.97. The number of benzene rings is 1. The quantitative estimate of drug-likeness (QED) is 0.586. The SMILES string of the molecule is COC(=C1SCCS1)C(C(=O)c1ccccc1)C(C)(C)C. The Labute approximate surface area is 135 Å². The van der Waals surface area contributed by atoms with Crippen LogP contribution < -0.4 is 0 Å². The molecule has 0 spiro atoms. The molecule has 0 amide bonds. The molecule has 1 aromatic carbocycles. The van der Waals surface area contributed by atoms with E-state index in [0.29, 0.717) is 0 Å². The van der Waals surface area contributed by atoms with Crippen molar-refractivity contribution in [3.05, 3.63) is 45.9 Å². The number of ketones is 1. The Morgan fingerprint density at radius 3 is 2.19 bits per heavy atom. The highest BCUT2D eigenvalue weighted by molar-refractivity contribution is 8.25. The summed E-state index contributed by atoms with van der Waals surface area (Å²) < 4.78 is 6.85. The van der Waals surface area contributed by atoms with Gasteiger partial charge in [0.15, 0.2) is 5.78 Å². The fourth-order valence-electron chi connectivity index (χ4n) is 2.45. The molecule has 2 rings (SSSR count). The molecule has 1 aliphatic rings. The summed E-state index contributed by atoms with van der Waals surface area (Å²) in [6, 6.07) is 9.51. The lowest BCUT2D eigenvalue weighted by atomic mass is 9.75. The molecule has 1 aromatic rings. The smallest absolute Gasteiger partial charge is 0.174 e. The van der Waals surface area contributed by atoms with E-state index in [4.69, 9.17) is 4.74 Å². The first-order valence-corrected chi connectivity index (χ1v) is 9.05. The zero-order chi connectivity index (χ0) is 15.5. The maximum absolute atomic E-state index is 13.0. The normalized spacial score (nSPS) is 16.7. The lowest BCUT2D eigenvalue weighted by molar-refractivity contribution is 0.0775. The van der Waals surface area contributed by atoms with Crippen LogP contribution in [0.1, 0.15) is 31.1 Å². The monoisotopic (exact) mass is 322 g/mol. The Kier molecular flexibility index (Phi) is 5.44. The minimum Gasteiger partial charge on any atom is -0.499 e. The minimum absolute atomic E-state index is 0.139. The van der Waals surface area contributed by atoms with Crippen molar-refractivity contribution in [3.63, 3.8) is 0 Å². The number of carbonyl (C=O) groups excluding carboxylic acids is 1. The van der Waals surface area contributed by atoms with E-state index in [0.717, 1.165) is 22.8 Å². The number of carbonyl (C=O) groups is 1. The topological polar surface area (TPSA) is 26.3 Å². The van der Waals surface area contributed by atoms with Crippen LogP contribution in [0.25, 0.3) is 0 Å². The van der Waals surface area contributed by atoms with Crippen LogP contribution in [0.15, 0.2) is 40.3 Å². The third kappa shape index (κ3) is 3.86. The van der Waals surface area contributed by atoms with E-state index < -0.39 is 0 Å². The minimum atomic E-state index is -0.252. The van der Waals surface area contributed by atoms with Gasteiger partial charge in [-0.3, -0.25) is 4.79 Å². The highest BCUT2D eigenvalue weighted by Crippen LogP contribution is 2.45. The van der Waals surface area contributed by atoms with Crippen molar-refractivity contribution >= 4 is 29.3 Å². The molecule has 1 aliphatic heterocycles. The number of thioether (sulfide) groups is 2. The number of rotatable bonds is 4. The van der Waals surface area contributed by atoms with Gasteiger partial charge in [0.1, 0.15) is 5.76 Å². The van der Waals surface area contributed by atoms with E-state index in [-0.39, 0.29) is 17.1 Å². The lowest BCUT2D eigenvalue weighted by Crippen LogP contribution is -2.31. The molecule has 0 saturated carbocycles. The van der Waals surface area contributed by atoms with Gasteiger partial charge in [-0.1, -0.05) is 51.1 Å². The van der Waals surface area contributed by atoms with Gasteiger partial charge in [-0.15, -0.1) is 23.5 Å². The molecule has 2 nitrogen and oxygen atoms in total. The molecule has 0 N–H and O–H groups in total. The Balaban J connectivity index is 2.44. The van der Waals surface area contributed by atoms with E-state index in [9.17, 15) is 4.79 Å². The van der Waals surface area contributed by atoms with Crippen molar-refractivity contribution in [1.82, 2.24) is 0 Å². The van der Waals surface area contributed by atoms with Crippen molar-refractivity contribution in [2.75, 3.05) is 18.6 Å². The van der Waals surface area contributed by atoms with Gasteiger partial charge in [0, 0.05) is 17.1 Å². The third-order valence-corrected chi connectivity index (χ3v) is 6.13. The molecule has 21 heavy (non-hydrogen) atoms. The molecular weight excluding hydrogens is 300 g/mol. The van der Waals surface area contributed by atoms with Crippen LogP contribution in [0.3, 0.4) is 0 Å².